The van der Waals surface area contributed by atoms with Crippen LogP contribution in [0.1, 0.15) is 73.3 Å². The molecular formula is C44H40N2. The zero-order valence-electron chi connectivity index (χ0n) is 26.8. The minimum absolute atomic E-state index is 0.324. The van der Waals surface area contributed by atoms with Gasteiger partial charge in [0.05, 0.1) is 11.6 Å². The van der Waals surface area contributed by atoms with Gasteiger partial charge in [-0.15, -0.1) is 0 Å². The Kier molecular flexibility index (Phi) is 9.13. The second-order valence-electron chi connectivity index (χ2n) is 12.1. The maximum Gasteiger partial charge on any atom is 0.0998 e. The molecule has 0 radical (unpaired) electrons. The Morgan fingerprint density at radius 3 is 2.43 bits per heavy atom. The predicted molar refractivity (Wildman–Crippen MR) is 195 cm³/mol. The zero-order chi connectivity index (χ0) is 32.0. The van der Waals surface area contributed by atoms with Crippen LogP contribution < -0.4 is 5.73 Å². The molecule has 2 nitrogen and oxygen atoms in total. The van der Waals surface area contributed by atoms with E-state index in [0.29, 0.717) is 11.5 Å². The lowest BCUT2D eigenvalue weighted by Gasteiger charge is -2.16. The van der Waals surface area contributed by atoms with Crippen molar-refractivity contribution in [2.75, 3.05) is 0 Å². The van der Waals surface area contributed by atoms with Gasteiger partial charge in [0.25, 0.3) is 0 Å². The summed E-state index contributed by atoms with van der Waals surface area (Å²) in [5.74, 6) is 0.324. The molecule has 0 amide bonds. The van der Waals surface area contributed by atoms with Crippen molar-refractivity contribution in [2.45, 2.75) is 45.4 Å². The van der Waals surface area contributed by atoms with E-state index in [-0.39, 0.29) is 0 Å². The molecule has 0 aliphatic heterocycles. The number of nitriles is 1. The van der Waals surface area contributed by atoms with Gasteiger partial charge in [0, 0.05) is 17.2 Å². The van der Waals surface area contributed by atoms with Crippen molar-refractivity contribution in [1.29, 1.82) is 5.26 Å². The van der Waals surface area contributed by atoms with Gasteiger partial charge < -0.3 is 5.73 Å². The molecule has 1 unspecified atom stereocenters. The summed E-state index contributed by atoms with van der Waals surface area (Å²) in [4.78, 5) is 0. The second kappa shape index (κ2) is 13.7. The van der Waals surface area contributed by atoms with E-state index in [1.165, 1.54) is 39.0 Å². The summed E-state index contributed by atoms with van der Waals surface area (Å²) in [6, 6.07) is 33.7. The van der Waals surface area contributed by atoms with Crippen LogP contribution in [0.5, 0.6) is 0 Å². The lowest BCUT2D eigenvalue weighted by molar-refractivity contribution is 0.797. The highest BCUT2D eigenvalue weighted by Crippen LogP contribution is 2.51. The molecule has 4 aromatic carbocycles. The van der Waals surface area contributed by atoms with Gasteiger partial charge in [-0.25, -0.2) is 0 Å². The smallest absolute Gasteiger partial charge is 0.0998 e. The molecule has 0 spiro atoms. The van der Waals surface area contributed by atoms with Crippen molar-refractivity contribution in [3.05, 3.63) is 179 Å². The highest BCUT2D eigenvalue weighted by Gasteiger charge is 2.30. The third-order valence-electron chi connectivity index (χ3n) is 9.19. The van der Waals surface area contributed by atoms with E-state index < -0.39 is 0 Å². The molecule has 46 heavy (non-hydrogen) atoms. The summed E-state index contributed by atoms with van der Waals surface area (Å²) in [7, 11) is 0. The molecule has 0 heterocycles. The first-order chi connectivity index (χ1) is 22.5. The molecule has 0 aromatic heterocycles. The summed E-state index contributed by atoms with van der Waals surface area (Å²) < 4.78 is 0. The largest absolute Gasteiger partial charge is 0.398 e. The lowest BCUT2D eigenvalue weighted by atomic mass is 9.89. The first-order valence-corrected chi connectivity index (χ1v) is 16.3. The maximum absolute atomic E-state index is 9.86. The second-order valence-corrected chi connectivity index (χ2v) is 12.1. The molecule has 0 saturated heterocycles. The summed E-state index contributed by atoms with van der Waals surface area (Å²) in [6.07, 6.45) is 17.0. The molecule has 2 N–H and O–H groups in total. The van der Waals surface area contributed by atoms with Gasteiger partial charge >= 0.3 is 0 Å². The van der Waals surface area contributed by atoms with Crippen LogP contribution in [-0.4, -0.2) is 0 Å². The Morgan fingerprint density at radius 1 is 0.870 bits per heavy atom. The molecular weight excluding hydrogens is 556 g/mol. The van der Waals surface area contributed by atoms with Gasteiger partial charge in [-0.3, -0.25) is 0 Å². The number of hydrogen-bond donors (Lipinski definition) is 1. The normalized spacial score (nSPS) is 16.5. The molecule has 0 bridgehead atoms. The zero-order valence-corrected chi connectivity index (χ0v) is 26.8. The van der Waals surface area contributed by atoms with Crippen LogP contribution in [0.2, 0.25) is 0 Å². The van der Waals surface area contributed by atoms with E-state index in [9.17, 15) is 5.26 Å². The summed E-state index contributed by atoms with van der Waals surface area (Å²) in [6.45, 7) is 8.74. The van der Waals surface area contributed by atoms with Crippen molar-refractivity contribution in [3.63, 3.8) is 0 Å². The number of nitrogens with two attached hydrogens (primary N) is 1. The Hall–Kier alpha value is -5.39. The molecule has 2 aliphatic carbocycles. The topological polar surface area (TPSA) is 49.8 Å². The Morgan fingerprint density at radius 2 is 1.65 bits per heavy atom. The number of allylic oxidation sites excluding steroid dienone is 10. The molecule has 6 rings (SSSR count). The van der Waals surface area contributed by atoms with Crippen molar-refractivity contribution >= 4 is 11.3 Å². The molecule has 4 aromatic rings. The number of fused-ring (bicyclic) bond motifs is 3. The third kappa shape index (κ3) is 6.10. The molecule has 226 valence electrons. The monoisotopic (exact) mass is 596 g/mol. The van der Waals surface area contributed by atoms with E-state index in [2.05, 4.69) is 111 Å². The molecule has 0 fully saturated rings. The molecule has 1 atom stereocenters. The first-order valence-electron chi connectivity index (χ1n) is 16.3. The first kappa shape index (κ1) is 30.6. The van der Waals surface area contributed by atoms with E-state index >= 15 is 0 Å². The Bertz CT molecular complexity index is 1990. The Balaban J connectivity index is 1.29. The predicted octanol–water partition coefficient (Wildman–Crippen LogP) is 11.3. The number of nitrogens with zero attached hydrogens (tertiary/aromatic N) is 1. The Labute approximate surface area is 273 Å². The van der Waals surface area contributed by atoms with E-state index in [0.717, 1.165) is 59.2 Å². The quantitative estimate of drug-likeness (QED) is 0.195. The summed E-state index contributed by atoms with van der Waals surface area (Å²) in [5, 5.41) is 9.86. The van der Waals surface area contributed by atoms with Crippen LogP contribution in [0.3, 0.4) is 0 Å². The van der Waals surface area contributed by atoms with Crippen LogP contribution in [-0.2, 0) is 0 Å². The minimum Gasteiger partial charge on any atom is -0.398 e. The molecule has 0 saturated carbocycles. The average molecular weight is 597 g/mol. The average Bonchev–Trinajstić information content (AvgIpc) is 3.43. The highest BCUT2D eigenvalue weighted by molar-refractivity contribution is 5.94. The van der Waals surface area contributed by atoms with Crippen LogP contribution in [0.4, 0.5) is 0 Å². The van der Waals surface area contributed by atoms with E-state index in [4.69, 9.17) is 5.73 Å². The van der Waals surface area contributed by atoms with Crippen LogP contribution >= 0.6 is 0 Å². The van der Waals surface area contributed by atoms with Gasteiger partial charge in [0.15, 0.2) is 0 Å². The number of benzene rings is 4. The fraction of sp³-hybridized carbons (Fsp3) is 0.159. The SMILES string of the molecule is C=C(/C=C\C1=C(CCC)C/C(=C\C=C(/N)c2ccc3c(c2)-c2c(-c4ccccc4C#N)cccc2C3CC)C=C1)c1ccccc1. The van der Waals surface area contributed by atoms with Gasteiger partial charge in [-0.05, 0) is 93.1 Å². The highest BCUT2D eigenvalue weighted by atomic mass is 14.6. The number of hydrogen-bond acceptors (Lipinski definition) is 2. The van der Waals surface area contributed by atoms with Crippen molar-refractivity contribution in [3.8, 4) is 28.3 Å². The van der Waals surface area contributed by atoms with E-state index in [1.807, 2.05) is 42.5 Å². The summed E-state index contributed by atoms with van der Waals surface area (Å²) in [5.41, 5.74) is 22.5. The minimum atomic E-state index is 0.324. The molecule has 2 heteroatoms. The van der Waals surface area contributed by atoms with E-state index in [1.54, 1.807) is 0 Å². The van der Waals surface area contributed by atoms with Crippen molar-refractivity contribution in [1.82, 2.24) is 0 Å². The number of rotatable bonds is 9. The van der Waals surface area contributed by atoms with Gasteiger partial charge in [-0.2, -0.15) is 5.26 Å². The fourth-order valence-corrected chi connectivity index (χ4v) is 6.84. The van der Waals surface area contributed by atoms with Crippen molar-refractivity contribution < 1.29 is 0 Å². The van der Waals surface area contributed by atoms with Crippen LogP contribution in [0.25, 0.3) is 33.5 Å². The maximum atomic E-state index is 9.86. The third-order valence-corrected chi connectivity index (χ3v) is 9.19. The molecule has 2 aliphatic rings. The summed E-state index contributed by atoms with van der Waals surface area (Å²) >= 11 is 0. The van der Waals surface area contributed by atoms with Gasteiger partial charge in [0.1, 0.15) is 0 Å². The lowest BCUT2D eigenvalue weighted by Crippen LogP contribution is -1.99. The van der Waals surface area contributed by atoms with Gasteiger partial charge in [0.2, 0.25) is 0 Å². The van der Waals surface area contributed by atoms with Gasteiger partial charge in [-0.1, -0.05) is 142 Å². The fourth-order valence-electron chi connectivity index (χ4n) is 6.84. The standard InChI is InChI=1S/C44H40N2/c1-4-12-34-27-31(20-23-33(34)22-19-30(3)32-13-7-6-8-14-32)21-26-43(46)35-24-25-39-37(5-2)40-17-11-18-41(44(40)42(39)28-35)38-16-10-9-15-36(38)29-45/h6-11,13-26,28,37H,3-5,12,27,46H2,1-2H3/b22-19-,31-21-,43-26-. The van der Waals surface area contributed by atoms with Crippen LogP contribution in [0, 0.1) is 11.3 Å². The van der Waals surface area contributed by atoms with Crippen molar-refractivity contribution in [2.24, 2.45) is 5.73 Å². The van der Waals surface area contributed by atoms with Crippen LogP contribution in [0.15, 0.2) is 151 Å².